The third-order valence-electron chi connectivity index (χ3n) is 7.17. The molecule has 0 bridgehead atoms. The lowest BCUT2D eigenvalue weighted by Crippen LogP contribution is -2.33. The summed E-state index contributed by atoms with van der Waals surface area (Å²) in [6, 6.07) is 25.0. The maximum absolute atomic E-state index is 13.6. The molecule has 1 amide bonds. The van der Waals surface area contributed by atoms with E-state index >= 15 is 0 Å². The molecule has 0 radical (unpaired) electrons. The van der Waals surface area contributed by atoms with E-state index in [1.54, 1.807) is 11.8 Å². The highest BCUT2D eigenvalue weighted by atomic mass is 32.2. The van der Waals surface area contributed by atoms with Crippen LogP contribution in [0.3, 0.4) is 0 Å². The fraction of sp³-hybridized carbons (Fsp3) is 0.375. The molecule has 36 heavy (non-hydrogen) atoms. The maximum atomic E-state index is 13.6. The predicted molar refractivity (Wildman–Crippen MR) is 153 cm³/mol. The zero-order valence-electron chi connectivity index (χ0n) is 22.0. The molecule has 0 spiro atoms. The smallest absolute Gasteiger partial charge is 0.254 e. The molecule has 1 atom stereocenters. The van der Waals surface area contributed by atoms with Gasteiger partial charge in [0.1, 0.15) is 0 Å². The number of rotatable bonds is 5. The van der Waals surface area contributed by atoms with Crippen molar-refractivity contribution < 1.29 is 4.79 Å². The lowest BCUT2D eigenvalue weighted by Gasteiger charge is -2.28. The Kier molecular flexibility index (Phi) is 9.03. The van der Waals surface area contributed by atoms with E-state index in [9.17, 15) is 4.79 Å². The van der Waals surface area contributed by atoms with Crippen molar-refractivity contribution in [2.24, 2.45) is 10.9 Å². The van der Waals surface area contributed by atoms with Gasteiger partial charge in [0.25, 0.3) is 5.91 Å². The van der Waals surface area contributed by atoms with Crippen LogP contribution in [0.5, 0.6) is 0 Å². The Labute approximate surface area is 221 Å². The molecule has 1 fully saturated rings. The first kappa shape index (κ1) is 26.2. The molecule has 5 rings (SSSR count). The van der Waals surface area contributed by atoms with Gasteiger partial charge in [0.2, 0.25) is 0 Å². The van der Waals surface area contributed by atoms with Crippen molar-refractivity contribution in [1.29, 1.82) is 0 Å². The Hall–Kier alpha value is -2.85. The first-order chi connectivity index (χ1) is 17.7. The van der Waals surface area contributed by atoms with Crippen molar-refractivity contribution in [3.8, 4) is 0 Å². The van der Waals surface area contributed by atoms with Crippen LogP contribution in [0.25, 0.3) is 0 Å². The molecule has 0 aromatic heterocycles. The highest BCUT2D eigenvalue weighted by Gasteiger charge is 2.27. The van der Waals surface area contributed by atoms with Gasteiger partial charge in [-0.3, -0.25) is 9.79 Å². The van der Waals surface area contributed by atoms with Gasteiger partial charge in [-0.15, -0.1) is 0 Å². The van der Waals surface area contributed by atoms with E-state index in [1.165, 1.54) is 48.3 Å². The SMILES string of the molecule is CC.CCN(C(=O)c1ccc2c(c1)N=C(C1CCCCC1)c1ccccc1S2)C(C)c1ccccc1. The van der Waals surface area contributed by atoms with Crippen molar-refractivity contribution in [2.75, 3.05) is 6.54 Å². The second-order valence-corrected chi connectivity index (χ2v) is 10.4. The summed E-state index contributed by atoms with van der Waals surface area (Å²) < 4.78 is 0. The number of nitrogens with zero attached hydrogens (tertiary/aromatic N) is 2. The van der Waals surface area contributed by atoms with Crippen molar-refractivity contribution in [1.82, 2.24) is 4.90 Å². The molecule has 1 aliphatic carbocycles. The summed E-state index contributed by atoms with van der Waals surface area (Å²) in [7, 11) is 0. The quantitative estimate of drug-likeness (QED) is 0.351. The number of carbonyl (C=O) groups excluding carboxylic acids is 1. The molecule has 1 aliphatic heterocycles. The zero-order valence-corrected chi connectivity index (χ0v) is 22.9. The average Bonchev–Trinajstić information content (AvgIpc) is 3.11. The molecule has 1 unspecified atom stereocenters. The van der Waals surface area contributed by atoms with Crippen LogP contribution in [-0.4, -0.2) is 23.1 Å². The van der Waals surface area contributed by atoms with Gasteiger partial charge < -0.3 is 4.90 Å². The summed E-state index contributed by atoms with van der Waals surface area (Å²) in [5.41, 5.74) is 5.25. The van der Waals surface area contributed by atoms with Crippen LogP contribution >= 0.6 is 11.8 Å². The van der Waals surface area contributed by atoms with Crippen molar-refractivity contribution in [2.45, 2.75) is 75.6 Å². The molecule has 0 N–H and O–H groups in total. The van der Waals surface area contributed by atoms with Crippen molar-refractivity contribution in [3.05, 3.63) is 89.5 Å². The van der Waals surface area contributed by atoms with E-state index < -0.39 is 0 Å². The molecule has 2 aliphatic rings. The number of benzene rings is 3. The monoisotopic (exact) mass is 498 g/mol. The van der Waals surface area contributed by atoms with E-state index in [0.29, 0.717) is 18.0 Å². The minimum Gasteiger partial charge on any atom is -0.332 e. The third kappa shape index (κ3) is 5.59. The van der Waals surface area contributed by atoms with Crippen molar-refractivity contribution in [3.63, 3.8) is 0 Å². The summed E-state index contributed by atoms with van der Waals surface area (Å²) in [5.74, 6) is 0.550. The zero-order chi connectivity index (χ0) is 25.5. The van der Waals surface area contributed by atoms with Gasteiger partial charge >= 0.3 is 0 Å². The number of fused-ring (bicyclic) bond motifs is 2. The Morgan fingerprint density at radius 1 is 0.944 bits per heavy atom. The van der Waals surface area contributed by atoms with E-state index in [-0.39, 0.29) is 11.9 Å². The second-order valence-electron chi connectivity index (χ2n) is 9.29. The number of carbonyl (C=O) groups is 1. The molecule has 188 valence electrons. The van der Waals surface area contributed by atoms with Gasteiger partial charge in [0, 0.05) is 33.4 Å². The Morgan fingerprint density at radius 3 is 2.36 bits per heavy atom. The number of aliphatic imine (C=N–C) groups is 1. The minimum absolute atomic E-state index is 0.0115. The number of hydrogen-bond acceptors (Lipinski definition) is 3. The lowest BCUT2D eigenvalue weighted by molar-refractivity contribution is 0.0702. The summed E-state index contributed by atoms with van der Waals surface area (Å²) in [4.78, 5) is 23.2. The van der Waals surface area contributed by atoms with E-state index in [2.05, 4.69) is 49.4 Å². The van der Waals surface area contributed by atoms with Gasteiger partial charge in [-0.2, -0.15) is 0 Å². The largest absolute Gasteiger partial charge is 0.332 e. The summed E-state index contributed by atoms with van der Waals surface area (Å²) >= 11 is 1.77. The summed E-state index contributed by atoms with van der Waals surface area (Å²) in [5, 5.41) is 0. The highest BCUT2D eigenvalue weighted by molar-refractivity contribution is 7.99. The fourth-order valence-electron chi connectivity index (χ4n) is 5.26. The molecule has 3 aromatic carbocycles. The Morgan fingerprint density at radius 2 is 1.64 bits per heavy atom. The first-order valence-corrected chi connectivity index (χ1v) is 14.3. The summed E-state index contributed by atoms with van der Waals surface area (Å²) in [6.45, 7) is 8.81. The van der Waals surface area contributed by atoms with Gasteiger partial charge in [-0.25, -0.2) is 0 Å². The molecule has 1 heterocycles. The molecule has 3 nitrogen and oxygen atoms in total. The van der Waals surface area contributed by atoms with E-state index in [4.69, 9.17) is 4.99 Å². The van der Waals surface area contributed by atoms with E-state index in [1.807, 2.05) is 56.0 Å². The number of hydrogen-bond donors (Lipinski definition) is 0. The van der Waals surface area contributed by atoms with Crippen LogP contribution in [0.15, 0.2) is 87.6 Å². The number of amides is 1. The van der Waals surface area contributed by atoms with E-state index in [0.717, 1.165) is 16.1 Å². The molecular formula is C32H38N2OS. The summed E-state index contributed by atoms with van der Waals surface area (Å²) in [6.07, 6.45) is 6.26. The third-order valence-corrected chi connectivity index (χ3v) is 8.31. The first-order valence-electron chi connectivity index (χ1n) is 13.5. The Bertz CT molecular complexity index is 1200. The molecule has 0 saturated heterocycles. The van der Waals surface area contributed by atoms with Crippen LogP contribution in [-0.2, 0) is 0 Å². The van der Waals surface area contributed by atoms with Gasteiger partial charge in [0.05, 0.1) is 17.4 Å². The molecular weight excluding hydrogens is 460 g/mol. The topological polar surface area (TPSA) is 32.7 Å². The lowest BCUT2D eigenvalue weighted by atomic mass is 9.83. The van der Waals surface area contributed by atoms with Gasteiger partial charge in [-0.1, -0.05) is 93.4 Å². The molecule has 3 aromatic rings. The minimum atomic E-state index is 0.0115. The molecule has 4 heteroatoms. The van der Waals surface area contributed by atoms with Crippen LogP contribution in [0.1, 0.15) is 87.3 Å². The van der Waals surface area contributed by atoms with Crippen LogP contribution in [0.2, 0.25) is 0 Å². The molecule has 1 saturated carbocycles. The van der Waals surface area contributed by atoms with Crippen LogP contribution < -0.4 is 0 Å². The maximum Gasteiger partial charge on any atom is 0.254 e. The Balaban J connectivity index is 0.00000148. The second kappa shape index (κ2) is 12.4. The fourth-order valence-corrected chi connectivity index (χ4v) is 6.27. The van der Waals surface area contributed by atoms with Gasteiger partial charge in [-0.05, 0) is 56.5 Å². The van der Waals surface area contributed by atoms with Crippen LogP contribution in [0, 0.1) is 5.92 Å². The standard InChI is InChI=1S/C30H32N2OS.C2H6/c1-3-32(21(2)22-12-6-4-7-13-22)30(33)24-18-19-28-26(20-24)31-29(23-14-8-5-9-15-23)25-16-10-11-17-27(25)34-28;1-2/h4,6-7,10-13,16-21,23H,3,5,8-9,14-15H2,1-2H3;1-2H3. The van der Waals surface area contributed by atoms with Gasteiger partial charge in [0.15, 0.2) is 0 Å². The normalized spacial score (nSPS) is 15.8. The highest BCUT2D eigenvalue weighted by Crippen LogP contribution is 2.43. The van der Waals surface area contributed by atoms with Crippen molar-refractivity contribution >= 4 is 29.1 Å². The predicted octanol–water partition coefficient (Wildman–Crippen LogP) is 9.10. The average molecular weight is 499 g/mol. The van der Waals surface area contributed by atoms with Crippen LogP contribution in [0.4, 0.5) is 5.69 Å².